The first kappa shape index (κ1) is 11.7. The number of carbonyl (C=O) groups excluding carboxylic acids is 1. The number of hydrogen-bond donors (Lipinski definition) is 2. The standard InChI is InChI=1S/C11H15FN2O/c1-11(12,10(13)15)14-8-7-9-5-3-2-4-6-9/h2-6,14H,7-8H2,1H3,(H2,13,15). The van der Waals surface area contributed by atoms with Gasteiger partial charge in [-0.25, -0.2) is 4.39 Å². The Morgan fingerprint density at radius 1 is 1.47 bits per heavy atom. The fourth-order valence-electron chi connectivity index (χ4n) is 1.17. The second kappa shape index (κ2) is 4.89. The van der Waals surface area contributed by atoms with Crippen LogP contribution in [0.3, 0.4) is 0 Å². The minimum absolute atomic E-state index is 0.375. The Kier molecular flexibility index (Phi) is 3.80. The smallest absolute Gasteiger partial charge is 0.269 e. The van der Waals surface area contributed by atoms with Crippen molar-refractivity contribution in [2.75, 3.05) is 6.54 Å². The summed E-state index contributed by atoms with van der Waals surface area (Å²) in [6, 6.07) is 9.64. The molecule has 0 aliphatic heterocycles. The van der Waals surface area contributed by atoms with E-state index in [2.05, 4.69) is 5.32 Å². The summed E-state index contributed by atoms with van der Waals surface area (Å²) < 4.78 is 13.3. The molecule has 3 N–H and O–H groups in total. The molecule has 0 radical (unpaired) electrons. The molecule has 1 atom stereocenters. The van der Waals surface area contributed by atoms with Crippen LogP contribution < -0.4 is 11.1 Å². The molecule has 82 valence electrons. The minimum Gasteiger partial charge on any atom is -0.366 e. The first-order valence-corrected chi connectivity index (χ1v) is 4.80. The molecular weight excluding hydrogens is 195 g/mol. The highest BCUT2D eigenvalue weighted by molar-refractivity contribution is 5.82. The number of halogens is 1. The summed E-state index contributed by atoms with van der Waals surface area (Å²) in [7, 11) is 0. The Bertz CT molecular complexity index is 325. The van der Waals surface area contributed by atoms with Crippen LogP contribution in [-0.2, 0) is 11.2 Å². The maximum atomic E-state index is 13.3. The maximum absolute atomic E-state index is 13.3. The third-order valence-corrected chi connectivity index (χ3v) is 2.18. The molecule has 1 aromatic carbocycles. The van der Waals surface area contributed by atoms with Crippen LogP contribution in [0.25, 0.3) is 0 Å². The lowest BCUT2D eigenvalue weighted by molar-refractivity contribution is -0.130. The first-order chi connectivity index (χ1) is 7.02. The molecule has 1 aromatic rings. The molecule has 4 heteroatoms. The molecule has 0 aliphatic carbocycles. The molecule has 0 saturated carbocycles. The van der Waals surface area contributed by atoms with E-state index in [1.807, 2.05) is 30.3 Å². The van der Waals surface area contributed by atoms with E-state index < -0.39 is 11.7 Å². The normalized spacial score (nSPS) is 14.5. The van der Waals surface area contributed by atoms with E-state index in [0.717, 1.165) is 12.5 Å². The van der Waals surface area contributed by atoms with E-state index >= 15 is 0 Å². The van der Waals surface area contributed by atoms with Gasteiger partial charge in [-0.1, -0.05) is 30.3 Å². The van der Waals surface area contributed by atoms with Crippen LogP contribution in [0.2, 0.25) is 0 Å². The minimum atomic E-state index is -2.13. The van der Waals surface area contributed by atoms with Gasteiger partial charge in [0.15, 0.2) is 0 Å². The van der Waals surface area contributed by atoms with E-state index in [-0.39, 0.29) is 0 Å². The van der Waals surface area contributed by atoms with Gasteiger partial charge in [0.2, 0.25) is 5.79 Å². The van der Waals surface area contributed by atoms with Crippen molar-refractivity contribution in [3.8, 4) is 0 Å². The Morgan fingerprint density at radius 2 is 2.07 bits per heavy atom. The predicted molar refractivity (Wildman–Crippen MR) is 56.9 cm³/mol. The highest BCUT2D eigenvalue weighted by Gasteiger charge is 2.28. The number of primary amides is 1. The molecule has 0 aromatic heterocycles. The fraction of sp³-hybridized carbons (Fsp3) is 0.364. The molecule has 0 saturated heterocycles. The topological polar surface area (TPSA) is 55.1 Å². The number of nitrogens with two attached hydrogens (primary N) is 1. The van der Waals surface area contributed by atoms with E-state index in [0.29, 0.717) is 13.0 Å². The van der Waals surface area contributed by atoms with Gasteiger partial charge in [-0.2, -0.15) is 0 Å². The van der Waals surface area contributed by atoms with E-state index in [9.17, 15) is 9.18 Å². The van der Waals surface area contributed by atoms with Crippen molar-refractivity contribution in [3.05, 3.63) is 35.9 Å². The van der Waals surface area contributed by atoms with Crippen LogP contribution in [0, 0.1) is 0 Å². The third kappa shape index (κ3) is 3.67. The Labute approximate surface area is 88.5 Å². The predicted octanol–water partition coefficient (Wildman–Crippen LogP) is 0.990. The summed E-state index contributed by atoms with van der Waals surface area (Å²) in [5, 5.41) is 2.47. The Morgan fingerprint density at radius 3 is 2.60 bits per heavy atom. The number of nitrogens with one attached hydrogen (secondary N) is 1. The van der Waals surface area contributed by atoms with Gasteiger partial charge in [-0.15, -0.1) is 0 Å². The van der Waals surface area contributed by atoms with Crippen LogP contribution in [0.15, 0.2) is 30.3 Å². The van der Waals surface area contributed by atoms with Crippen LogP contribution in [0.1, 0.15) is 12.5 Å². The molecule has 1 unspecified atom stereocenters. The molecule has 0 fully saturated rings. The largest absolute Gasteiger partial charge is 0.366 e. The number of alkyl halides is 1. The fourth-order valence-corrected chi connectivity index (χ4v) is 1.17. The highest BCUT2D eigenvalue weighted by Crippen LogP contribution is 2.04. The lowest BCUT2D eigenvalue weighted by Gasteiger charge is -2.17. The van der Waals surface area contributed by atoms with Crippen LogP contribution >= 0.6 is 0 Å². The van der Waals surface area contributed by atoms with Gasteiger partial charge in [0.25, 0.3) is 5.91 Å². The average molecular weight is 210 g/mol. The molecule has 0 spiro atoms. The molecular formula is C11H15FN2O. The van der Waals surface area contributed by atoms with Crippen molar-refractivity contribution in [1.29, 1.82) is 0 Å². The van der Waals surface area contributed by atoms with E-state index in [1.54, 1.807) is 0 Å². The summed E-state index contributed by atoms with van der Waals surface area (Å²) in [5.41, 5.74) is 5.96. The molecule has 1 rings (SSSR count). The quantitative estimate of drug-likeness (QED) is 0.712. The van der Waals surface area contributed by atoms with Crippen molar-refractivity contribution >= 4 is 5.91 Å². The van der Waals surface area contributed by atoms with Crippen molar-refractivity contribution < 1.29 is 9.18 Å². The number of rotatable bonds is 5. The maximum Gasteiger partial charge on any atom is 0.269 e. The Balaban J connectivity index is 2.37. The van der Waals surface area contributed by atoms with Gasteiger partial charge in [0.1, 0.15) is 0 Å². The molecule has 1 amide bonds. The molecule has 0 heterocycles. The summed E-state index contributed by atoms with van der Waals surface area (Å²) in [6.07, 6.45) is 0.660. The molecule has 0 aliphatic rings. The van der Waals surface area contributed by atoms with Crippen molar-refractivity contribution in [1.82, 2.24) is 5.32 Å². The molecule has 3 nitrogen and oxygen atoms in total. The van der Waals surface area contributed by atoms with Crippen LogP contribution in [0.4, 0.5) is 4.39 Å². The monoisotopic (exact) mass is 210 g/mol. The third-order valence-electron chi connectivity index (χ3n) is 2.18. The van der Waals surface area contributed by atoms with Gasteiger partial charge >= 0.3 is 0 Å². The van der Waals surface area contributed by atoms with Crippen LogP contribution in [0.5, 0.6) is 0 Å². The van der Waals surface area contributed by atoms with Crippen LogP contribution in [-0.4, -0.2) is 18.2 Å². The van der Waals surface area contributed by atoms with Gasteiger partial charge in [-0.3, -0.25) is 10.1 Å². The zero-order valence-corrected chi connectivity index (χ0v) is 8.66. The SMILES string of the molecule is CC(F)(NCCc1ccccc1)C(N)=O. The average Bonchev–Trinajstić information content (AvgIpc) is 2.19. The molecule has 15 heavy (non-hydrogen) atoms. The molecule has 0 bridgehead atoms. The van der Waals surface area contributed by atoms with Gasteiger partial charge in [0.05, 0.1) is 0 Å². The lowest BCUT2D eigenvalue weighted by atomic mass is 10.1. The van der Waals surface area contributed by atoms with E-state index in [4.69, 9.17) is 5.73 Å². The van der Waals surface area contributed by atoms with Gasteiger partial charge < -0.3 is 5.73 Å². The summed E-state index contributed by atoms with van der Waals surface area (Å²) in [6.45, 7) is 1.50. The summed E-state index contributed by atoms with van der Waals surface area (Å²) >= 11 is 0. The number of hydrogen-bond acceptors (Lipinski definition) is 2. The van der Waals surface area contributed by atoms with E-state index in [1.165, 1.54) is 0 Å². The zero-order chi connectivity index (χ0) is 11.3. The second-order valence-electron chi connectivity index (χ2n) is 3.53. The highest BCUT2D eigenvalue weighted by atomic mass is 19.1. The van der Waals surface area contributed by atoms with Crippen molar-refractivity contribution in [2.24, 2.45) is 5.73 Å². The van der Waals surface area contributed by atoms with Gasteiger partial charge in [-0.05, 0) is 18.9 Å². The van der Waals surface area contributed by atoms with Crippen molar-refractivity contribution in [3.63, 3.8) is 0 Å². The number of amides is 1. The lowest BCUT2D eigenvalue weighted by Crippen LogP contribution is -2.49. The Hall–Kier alpha value is -1.42. The zero-order valence-electron chi connectivity index (χ0n) is 8.66. The summed E-state index contributed by atoms with van der Waals surface area (Å²) in [4.78, 5) is 10.6. The van der Waals surface area contributed by atoms with Crippen molar-refractivity contribution in [2.45, 2.75) is 19.1 Å². The van der Waals surface area contributed by atoms with Gasteiger partial charge in [0, 0.05) is 6.54 Å². The first-order valence-electron chi connectivity index (χ1n) is 4.80. The second-order valence-corrected chi connectivity index (χ2v) is 3.53. The number of carbonyl (C=O) groups is 1. The summed E-state index contributed by atoms with van der Waals surface area (Å²) in [5.74, 6) is -3.12. The number of benzene rings is 1.